The van der Waals surface area contributed by atoms with E-state index in [0.717, 1.165) is 36.6 Å². The number of carboxylic acid groups (broad SMARTS) is 1. The topological polar surface area (TPSA) is 564 Å². The van der Waals surface area contributed by atoms with Crippen molar-refractivity contribution in [2.24, 2.45) is 45.5 Å². The van der Waals surface area contributed by atoms with E-state index >= 15 is 0 Å². The van der Waals surface area contributed by atoms with Gasteiger partial charge in [-0.05, 0) is 105 Å². The summed E-state index contributed by atoms with van der Waals surface area (Å²) in [5.41, 5.74) is 28.3. The minimum absolute atomic E-state index is 0.00978. The number of aromatic amines is 1. The Hall–Kier alpha value is -11.0. The van der Waals surface area contributed by atoms with Gasteiger partial charge in [0.25, 0.3) is 10.9 Å². The Bertz CT molecular complexity index is 3930. The number of unbranched alkanes of at least 4 members (excludes halogenated alkanes) is 3. The quantitative estimate of drug-likeness (QED) is 0.00916. The summed E-state index contributed by atoms with van der Waals surface area (Å²) in [6.45, 7) is 7.69. The number of phenols is 1. The van der Waals surface area contributed by atoms with Gasteiger partial charge in [0, 0.05) is 69.5 Å². The van der Waals surface area contributed by atoms with Crippen LogP contribution in [0.1, 0.15) is 128 Å². The van der Waals surface area contributed by atoms with Crippen molar-refractivity contribution in [2.75, 3.05) is 50.0 Å². The lowest BCUT2D eigenvalue weighted by molar-refractivity contribution is -0.143. The molecule has 5 rings (SSSR count). The Morgan fingerprint density at radius 1 is 0.583 bits per heavy atom. The Morgan fingerprint density at radius 2 is 1.13 bits per heavy atom. The number of amides is 10. The number of aromatic nitrogens is 1. The molecule has 0 saturated carbocycles. The molecule has 0 aliphatic carbocycles. The van der Waals surface area contributed by atoms with Crippen LogP contribution in [0.25, 0.3) is 10.9 Å². The molecule has 1 aromatic heterocycles. The van der Waals surface area contributed by atoms with Gasteiger partial charge in [-0.15, -0.1) is 0 Å². The van der Waals surface area contributed by atoms with Gasteiger partial charge < -0.3 is 107 Å². The number of rotatable bonds is 49. The zero-order chi connectivity index (χ0) is 79.7. The predicted octanol–water partition coefficient (Wildman–Crippen LogP) is -1.46. The second-order valence-electron chi connectivity index (χ2n) is 27.5. The van der Waals surface area contributed by atoms with E-state index in [0.29, 0.717) is 29.5 Å². The molecule has 10 amide bonds. The molecule has 34 heteroatoms. The average Bonchev–Trinajstić information content (AvgIpc) is 0.949. The van der Waals surface area contributed by atoms with Gasteiger partial charge in [-0.1, -0.05) is 114 Å². The number of aromatic hydroxyl groups is 1. The van der Waals surface area contributed by atoms with Crippen molar-refractivity contribution in [3.63, 3.8) is 0 Å². The van der Waals surface area contributed by atoms with Crippen molar-refractivity contribution >= 4 is 93.3 Å². The van der Waals surface area contributed by atoms with Crippen molar-refractivity contribution in [1.29, 1.82) is 0 Å². The number of carboxylic acids is 1. The van der Waals surface area contributed by atoms with Gasteiger partial charge in [0.15, 0.2) is 5.96 Å². The van der Waals surface area contributed by atoms with Gasteiger partial charge in [-0.25, -0.2) is 4.79 Å². The number of fused-ring (bicyclic) bond motifs is 1. The molecule has 0 saturated heterocycles. The highest BCUT2D eigenvalue weighted by atomic mass is 16.4. The molecular formula is C74H108N18O16. The summed E-state index contributed by atoms with van der Waals surface area (Å²) in [5.74, 6) is -10.4. The molecule has 11 atom stereocenters. The molecule has 24 N–H and O–H groups in total. The number of aliphatic hydroxyl groups is 1. The van der Waals surface area contributed by atoms with Crippen molar-refractivity contribution in [3.8, 4) is 5.75 Å². The van der Waals surface area contributed by atoms with E-state index in [4.69, 9.17) is 28.7 Å². The summed E-state index contributed by atoms with van der Waals surface area (Å²) < 4.78 is 0. The maximum atomic E-state index is 14.6. The molecule has 2 unspecified atom stereocenters. The normalized spacial score (nSPS) is 14.3. The van der Waals surface area contributed by atoms with Crippen LogP contribution in [0.5, 0.6) is 5.75 Å². The van der Waals surface area contributed by atoms with E-state index in [9.17, 15) is 77.6 Å². The molecule has 5 aromatic rings. The van der Waals surface area contributed by atoms with E-state index in [1.807, 2.05) is 6.92 Å². The van der Waals surface area contributed by atoms with Crippen molar-refractivity contribution in [2.45, 2.75) is 191 Å². The summed E-state index contributed by atoms with van der Waals surface area (Å²) >= 11 is 0. The number of benzene rings is 3. The highest BCUT2D eigenvalue weighted by Crippen LogP contribution is 2.22. The first kappa shape index (κ1) is 87.6. The maximum Gasteiger partial charge on any atom is 0.326 e. The molecule has 0 spiro atoms. The van der Waals surface area contributed by atoms with E-state index < -0.39 is 149 Å². The summed E-state index contributed by atoms with van der Waals surface area (Å²) in [5, 5.41) is 58.4. The fraction of sp³-hybridized carbons (Fsp3) is 0.514. The van der Waals surface area contributed by atoms with Gasteiger partial charge in [0.2, 0.25) is 59.1 Å². The average molecular weight is 1510 g/mol. The van der Waals surface area contributed by atoms with E-state index in [2.05, 4.69) is 70.1 Å². The van der Waals surface area contributed by atoms with E-state index in [1.54, 1.807) is 74.6 Å². The number of nitrogens with two attached hydrogens (primary N) is 5. The number of aliphatic carboxylic acids is 1. The monoisotopic (exact) mass is 1500 g/mol. The lowest BCUT2D eigenvalue weighted by atomic mass is 9.95. The number of nitrogens with one attached hydrogen (secondary N) is 11. The van der Waals surface area contributed by atoms with Gasteiger partial charge in [-0.3, -0.25) is 62.5 Å². The SMILES string of the molecule is CCCCCC(C)C[C@H](NC(=O)[C@@H](NC(=O)[C@H](CCCCN)NC(=O)[C@H](Cc1ccccc1)NC(=O)CNc1c(N(C)CCNC(=O)[C@@H](NC(=O)[C@H](Cc2ccc(O)cc2)NC(=O)[C@H](CCCN=C(N)N)NC(=O)[C@H](Cc2c[nH]c3ccccc23)NC(=O)[C@@H](N)CCC(N)=O)C(C)O)c(=O)c1=O)C(C)C)C(=O)O. The number of aliphatic imine (C=N–C) groups is 1. The number of aliphatic hydroxyl groups excluding tert-OH is 1. The van der Waals surface area contributed by atoms with Crippen LogP contribution in [0.3, 0.4) is 0 Å². The van der Waals surface area contributed by atoms with E-state index in [1.165, 1.54) is 43.1 Å². The number of nitrogens with zero attached hydrogens (tertiary/aromatic N) is 2. The van der Waals surface area contributed by atoms with Crippen LogP contribution in [0, 0.1) is 11.8 Å². The molecule has 0 radical (unpaired) electrons. The van der Waals surface area contributed by atoms with Gasteiger partial charge in [0.05, 0.1) is 18.7 Å². The Labute approximate surface area is 626 Å². The van der Waals surface area contributed by atoms with E-state index in [-0.39, 0.29) is 113 Å². The first-order valence-corrected chi connectivity index (χ1v) is 36.4. The Morgan fingerprint density at radius 3 is 1.74 bits per heavy atom. The molecule has 0 aliphatic rings. The molecule has 0 aliphatic heterocycles. The van der Waals surface area contributed by atoms with Crippen molar-refractivity contribution < 1.29 is 68.1 Å². The maximum absolute atomic E-state index is 14.6. The molecule has 4 aromatic carbocycles. The summed E-state index contributed by atoms with van der Waals surface area (Å²) in [6.07, 6.45) is 3.87. The zero-order valence-electron chi connectivity index (χ0n) is 62.1. The number of carbonyl (C=O) groups excluding carboxylic acids is 10. The van der Waals surface area contributed by atoms with Crippen LogP contribution in [0.4, 0.5) is 11.4 Å². The highest BCUT2D eigenvalue weighted by Gasteiger charge is 2.37. The third-order valence-corrected chi connectivity index (χ3v) is 18.2. The Kier molecular flexibility index (Phi) is 35.9. The molecule has 34 nitrogen and oxygen atoms in total. The number of guanidine groups is 1. The first-order chi connectivity index (χ1) is 51.3. The standard InChI is InChI=1S/C74H108N18O16/c1-7-8-10-18-42(4)35-56(73(107)108)89-72(106)59(41(2)3)90-67(101)51(23-15-16-31-75)85-68(102)53(36-44-19-11-9-12-20-44)84-58(96)40-83-61-62(64(98)63(61)97)92(6)34-33-80-71(105)60(43(5)93)91-70(104)54(37-45-25-27-47(94)28-26-45)88-66(100)52(24-17-32-81-74(78)79)86-69(103)55(87-65(99)49(76)29-30-57(77)95)38-46-39-82-50-22-14-13-21-48(46)50/h9,11-14,19-22,25-28,39,41-43,49,51-56,59-60,82-83,93-94H,7-8,10,15-18,23-24,29-38,40,75-76H2,1-6H3,(H2,77,95)(H,80,105)(H,84,96)(H,85,102)(H,86,103)(H,87,99)(H,88,100)(H,89,106)(H,90,101)(H,91,104)(H,107,108)(H4,78,79,81)/t42?,43?,49-,51-,52-,53-,54-,55-,56-,59-,60-/m0/s1. The smallest absolute Gasteiger partial charge is 0.326 e. The fourth-order valence-electron chi connectivity index (χ4n) is 12.0. The number of likely N-dealkylation sites (N-methyl/N-ethyl adjacent to an activating group) is 1. The third kappa shape index (κ3) is 28.4. The van der Waals surface area contributed by atoms with Crippen LogP contribution >= 0.6 is 0 Å². The highest BCUT2D eigenvalue weighted by molar-refractivity contribution is 5.98. The second kappa shape index (κ2) is 44.2. The summed E-state index contributed by atoms with van der Waals surface area (Å²) in [6, 6.07) is 8.97. The number of hydrogen-bond acceptors (Lipinski definition) is 20. The summed E-state index contributed by atoms with van der Waals surface area (Å²) in [7, 11) is 1.42. The third-order valence-electron chi connectivity index (χ3n) is 18.2. The molecule has 0 fully saturated rings. The Balaban J connectivity index is 1.28. The number of para-hydroxylation sites is 1. The van der Waals surface area contributed by atoms with Crippen LogP contribution in [-0.4, -0.2) is 192 Å². The number of primary amides is 1. The van der Waals surface area contributed by atoms with Crippen molar-refractivity contribution in [3.05, 3.63) is 122 Å². The second-order valence-corrected chi connectivity index (χ2v) is 27.5. The molecule has 590 valence electrons. The molecule has 0 bridgehead atoms. The zero-order valence-corrected chi connectivity index (χ0v) is 62.1. The van der Waals surface area contributed by atoms with Gasteiger partial charge >= 0.3 is 5.97 Å². The molecule has 108 heavy (non-hydrogen) atoms. The number of phenolic OH excluding ortho intramolecular Hbond substituents is 1. The van der Waals surface area contributed by atoms with Crippen molar-refractivity contribution in [1.82, 2.24) is 52.8 Å². The summed E-state index contributed by atoms with van der Waals surface area (Å²) in [4.78, 5) is 186. The van der Waals surface area contributed by atoms with Gasteiger partial charge in [-0.2, -0.15) is 0 Å². The first-order valence-electron chi connectivity index (χ1n) is 36.4. The van der Waals surface area contributed by atoms with Gasteiger partial charge in [0.1, 0.15) is 65.5 Å². The lowest BCUT2D eigenvalue weighted by Crippen LogP contribution is -2.60. The fourth-order valence-corrected chi connectivity index (χ4v) is 12.0. The van der Waals surface area contributed by atoms with Crippen LogP contribution in [0.2, 0.25) is 0 Å². The largest absolute Gasteiger partial charge is 0.508 e. The number of hydrogen-bond donors (Lipinski definition) is 19. The minimum atomic E-state index is -1.71. The number of H-pyrrole nitrogens is 1. The van der Waals surface area contributed by atoms with Crippen LogP contribution < -0.4 is 97.6 Å². The molecule has 1 heterocycles. The predicted molar refractivity (Wildman–Crippen MR) is 407 cm³/mol. The number of carbonyl (C=O) groups is 11. The van der Waals surface area contributed by atoms with Crippen LogP contribution in [0.15, 0.2) is 99.6 Å². The lowest BCUT2D eigenvalue weighted by Gasteiger charge is -2.28. The molecular weight excluding hydrogens is 1400 g/mol. The minimum Gasteiger partial charge on any atom is -0.508 e. The van der Waals surface area contributed by atoms with Crippen LogP contribution in [-0.2, 0) is 72.0 Å². The number of anilines is 2.